The summed E-state index contributed by atoms with van der Waals surface area (Å²) < 4.78 is 14.3. The molecule has 1 aromatic carbocycles. The van der Waals surface area contributed by atoms with Crippen molar-refractivity contribution in [1.29, 1.82) is 0 Å². The van der Waals surface area contributed by atoms with Gasteiger partial charge in [-0.1, -0.05) is 12.1 Å². The Balaban J connectivity index is 1.72. The number of carbonyl (C=O) groups excluding carboxylic acids is 2. The summed E-state index contributed by atoms with van der Waals surface area (Å²) in [5.74, 6) is -0.138. The molecule has 0 saturated carbocycles. The van der Waals surface area contributed by atoms with Crippen LogP contribution >= 0.6 is 11.8 Å². The monoisotopic (exact) mass is 431 g/mol. The number of benzene rings is 1. The first-order valence-corrected chi connectivity index (χ1v) is 10.9. The molecule has 7 nitrogen and oxygen atoms in total. The highest BCUT2D eigenvalue weighted by atomic mass is 32.2. The van der Waals surface area contributed by atoms with E-state index in [1.165, 1.54) is 24.1 Å². The fourth-order valence-corrected chi connectivity index (χ4v) is 4.86. The van der Waals surface area contributed by atoms with Crippen molar-refractivity contribution in [2.45, 2.75) is 13.0 Å². The zero-order valence-electron chi connectivity index (χ0n) is 16.6. The first-order valence-electron chi connectivity index (χ1n) is 9.74. The minimum atomic E-state index is -0.763. The smallest absolute Gasteiger partial charge is 0.293 e. The van der Waals surface area contributed by atoms with Crippen LogP contribution in [0.2, 0.25) is 0 Å². The third-order valence-corrected chi connectivity index (χ3v) is 6.53. The van der Waals surface area contributed by atoms with Crippen molar-refractivity contribution in [3.8, 4) is 5.75 Å². The summed E-state index contributed by atoms with van der Waals surface area (Å²) in [6.07, 6.45) is 0.341. The van der Waals surface area contributed by atoms with Gasteiger partial charge in [0.05, 0.1) is 5.56 Å². The Labute approximate surface area is 177 Å². The maximum atomic E-state index is 13.2. The summed E-state index contributed by atoms with van der Waals surface area (Å²) in [7, 11) is 1.45. The van der Waals surface area contributed by atoms with E-state index in [2.05, 4.69) is 0 Å². The standard InChI is InChI=1S/C21H22FN3O4S/c1-23-17(20(28)24-8-10-30-11-9-24)15-6-7-25(12-13-2-4-14(22)5-3-13)19(27)16(15)18(26)21(23)29/h2-5,26H,6-12H2,1H3. The zero-order chi connectivity index (χ0) is 21.4. The van der Waals surface area contributed by atoms with E-state index in [1.807, 2.05) is 0 Å². The fourth-order valence-electron chi connectivity index (χ4n) is 3.96. The topological polar surface area (TPSA) is 82.8 Å². The lowest BCUT2D eigenvalue weighted by molar-refractivity contribution is 0.0717. The first kappa shape index (κ1) is 20.5. The van der Waals surface area contributed by atoms with Gasteiger partial charge >= 0.3 is 0 Å². The third-order valence-electron chi connectivity index (χ3n) is 5.59. The maximum absolute atomic E-state index is 13.2. The predicted molar refractivity (Wildman–Crippen MR) is 111 cm³/mol. The Morgan fingerprint density at radius 3 is 2.47 bits per heavy atom. The van der Waals surface area contributed by atoms with E-state index in [9.17, 15) is 23.9 Å². The van der Waals surface area contributed by atoms with Crippen molar-refractivity contribution in [3.05, 3.63) is 62.8 Å². The van der Waals surface area contributed by atoms with Gasteiger partial charge in [0.25, 0.3) is 17.4 Å². The molecular formula is C21H22FN3O4S. The average Bonchev–Trinajstić information content (AvgIpc) is 2.76. The van der Waals surface area contributed by atoms with Crippen molar-refractivity contribution in [3.63, 3.8) is 0 Å². The predicted octanol–water partition coefficient (Wildman–Crippen LogP) is 1.62. The number of rotatable bonds is 3. The minimum Gasteiger partial charge on any atom is -0.502 e. The van der Waals surface area contributed by atoms with E-state index >= 15 is 0 Å². The summed E-state index contributed by atoms with van der Waals surface area (Å²) >= 11 is 1.77. The summed E-state index contributed by atoms with van der Waals surface area (Å²) in [4.78, 5) is 42.1. The maximum Gasteiger partial charge on any atom is 0.293 e. The third kappa shape index (κ3) is 3.58. The molecule has 2 aliphatic rings. The minimum absolute atomic E-state index is 0.0961. The van der Waals surface area contributed by atoms with Crippen LogP contribution in [0.15, 0.2) is 29.1 Å². The van der Waals surface area contributed by atoms with Crippen molar-refractivity contribution >= 4 is 23.6 Å². The van der Waals surface area contributed by atoms with Gasteiger partial charge in [-0.3, -0.25) is 14.4 Å². The number of aromatic hydroxyl groups is 1. The largest absolute Gasteiger partial charge is 0.502 e. The van der Waals surface area contributed by atoms with Gasteiger partial charge in [0.2, 0.25) is 0 Å². The first-order chi connectivity index (χ1) is 14.4. The van der Waals surface area contributed by atoms with Crippen LogP contribution < -0.4 is 5.56 Å². The number of amides is 2. The molecule has 1 saturated heterocycles. The van der Waals surface area contributed by atoms with Gasteiger partial charge in [-0.25, -0.2) is 4.39 Å². The number of carbonyl (C=O) groups is 2. The SMILES string of the molecule is Cn1c(C(=O)N2CCSCC2)c2c(c(O)c1=O)C(=O)N(Cc1ccc(F)cc1)CC2. The van der Waals surface area contributed by atoms with E-state index in [1.54, 1.807) is 28.8 Å². The molecule has 30 heavy (non-hydrogen) atoms. The van der Waals surface area contributed by atoms with Gasteiger partial charge in [-0.15, -0.1) is 0 Å². The lowest BCUT2D eigenvalue weighted by atomic mass is 9.95. The van der Waals surface area contributed by atoms with Gasteiger partial charge in [-0.05, 0) is 24.1 Å². The van der Waals surface area contributed by atoms with Crippen molar-refractivity contribution in [1.82, 2.24) is 14.4 Å². The molecule has 0 bridgehead atoms. The Morgan fingerprint density at radius 2 is 1.80 bits per heavy atom. The lowest BCUT2D eigenvalue weighted by Crippen LogP contribution is -2.44. The van der Waals surface area contributed by atoms with Crippen LogP contribution in [-0.4, -0.2) is 62.4 Å². The van der Waals surface area contributed by atoms with E-state index in [0.717, 1.165) is 21.6 Å². The van der Waals surface area contributed by atoms with Gasteiger partial charge in [-0.2, -0.15) is 11.8 Å². The molecule has 0 aliphatic carbocycles. The second-order valence-electron chi connectivity index (χ2n) is 7.42. The highest BCUT2D eigenvalue weighted by molar-refractivity contribution is 7.99. The summed E-state index contributed by atoms with van der Waals surface area (Å²) in [5, 5.41) is 10.5. The number of halogens is 1. The van der Waals surface area contributed by atoms with E-state index in [0.29, 0.717) is 31.6 Å². The van der Waals surface area contributed by atoms with Crippen molar-refractivity contribution in [2.24, 2.45) is 7.05 Å². The van der Waals surface area contributed by atoms with E-state index in [4.69, 9.17) is 0 Å². The number of aromatic nitrogens is 1. The molecule has 2 aromatic rings. The van der Waals surface area contributed by atoms with E-state index in [-0.39, 0.29) is 29.5 Å². The molecule has 0 radical (unpaired) electrons. The van der Waals surface area contributed by atoms with Crippen LogP contribution in [0.1, 0.15) is 32.0 Å². The molecule has 3 heterocycles. The number of pyridine rings is 1. The van der Waals surface area contributed by atoms with Gasteiger partial charge in [0, 0.05) is 50.3 Å². The average molecular weight is 431 g/mol. The van der Waals surface area contributed by atoms with Crippen LogP contribution in [0.3, 0.4) is 0 Å². The van der Waals surface area contributed by atoms with Gasteiger partial charge < -0.3 is 19.5 Å². The Morgan fingerprint density at radius 1 is 1.13 bits per heavy atom. The second kappa shape index (κ2) is 8.14. The number of fused-ring (bicyclic) bond motifs is 1. The number of nitrogens with zero attached hydrogens (tertiary/aromatic N) is 3. The molecule has 2 aliphatic heterocycles. The number of hydrogen-bond acceptors (Lipinski definition) is 5. The zero-order valence-corrected chi connectivity index (χ0v) is 17.4. The molecule has 1 N–H and O–H groups in total. The van der Waals surface area contributed by atoms with Gasteiger partial charge in [0.15, 0.2) is 5.75 Å². The fraction of sp³-hybridized carbons (Fsp3) is 0.381. The van der Waals surface area contributed by atoms with Crippen LogP contribution in [0.4, 0.5) is 4.39 Å². The number of hydrogen-bond donors (Lipinski definition) is 1. The number of thioether (sulfide) groups is 1. The van der Waals surface area contributed by atoms with Gasteiger partial charge in [0.1, 0.15) is 11.5 Å². The lowest BCUT2D eigenvalue weighted by Gasteiger charge is -2.32. The second-order valence-corrected chi connectivity index (χ2v) is 8.65. The molecule has 4 rings (SSSR count). The normalized spacial score (nSPS) is 16.5. The van der Waals surface area contributed by atoms with Crippen LogP contribution in [0, 0.1) is 5.82 Å². The molecule has 9 heteroatoms. The van der Waals surface area contributed by atoms with Crippen molar-refractivity contribution in [2.75, 3.05) is 31.1 Å². The molecule has 0 spiro atoms. The summed E-state index contributed by atoms with van der Waals surface area (Å²) in [5.41, 5.74) is 0.466. The molecule has 0 unspecified atom stereocenters. The van der Waals surface area contributed by atoms with Crippen LogP contribution in [-0.2, 0) is 20.0 Å². The molecule has 1 fully saturated rings. The van der Waals surface area contributed by atoms with Crippen molar-refractivity contribution < 1.29 is 19.1 Å². The van der Waals surface area contributed by atoms with Crippen LogP contribution in [0.25, 0.3) is 0 Å². The molecule has 158 valence electrons. The molecule has 0 atom stereocenters. The molecular weight excluding hydrogens is 409 g/mol. The van der Waals surface area contributed by atoms with Crippen LogP contribution in [0.5, 0.6) is 5.75 Å². The Hall–Kier alpha value is -2.81. The quantitative estimate of drug-likeness (QED) is 0.799. The molecule has 1 aromatic heterocycles. The summed E-state index contributed by atoms with van der Waals surface area (Å²) in [6, 6.07) is 5.81. The highest BCUT2D eigenvalue weighted by Gasteiger charge is 2.35. The molecule has 2 amide bonds. The Bertz CT molecular complexity index is 1060. The highest BCUT2D eigenvalue weighted by Crippen LogP contribution is 2.29. The van der Waals surface area contributed by atoms with E-state index < -0.39 is 17.2 Å². The summed E-state index contributed by atoms with van der Waals surface area (Å²) in [6.45, 7) is 1.72. The Kier molecular flexibility index (Phi) is 5.55.